The lowest BCUT2D eigenvalue weighted by Gasteiger charge is -2.23. The summed E-state index contributed by atoms with van der Waals surface area (Å²) in [4.78, 5) is 28.6. The molecule has 0 unspecified atom stereocenters. The van der Waals surface area contributed by atoms with E-state index in [0.29, 0.717) is 6.54 Å². The van der Waals surface area contributed by atoms with Crippen LogP contribution in [-0.4, -0.2) is 31.4 Å². The third-order valence-corrected chi connectivity index (χ3v) is 5.32. The maximum Gasteiger partial charge on any atom is 0.226 e. The zero-order chi connectivity index (χ0) is 20.1. The van der Waals surface area contributed by atoms with Gasteiger partial charge in [-0.3, -0.25) is 9.59 Å². The van der Waals surface area contributed by atoms with Gasteiger partial charge in [0, 0.05) is 50.0 Å². The summed E-state index contributed by atoms with van der Waals surface area (Å²) in [6.45, 7) is 8.04. The second kappa shape index (κ2) is 8.91. The molecule has 5 nitrogen and oxygen atoms in total. The number of amides is 2. The van der Waals surface area contributed by atoms with Gasteiger partial charge in [-0.2, -0.15) is 0 Å². The first-order chi connectivity index (χ1) is 13.5. The van der Waals surface area contributed by atoms with Crippen molar-refractivity contribution < 1.29 is 9.59 Å². The van der Waals surface area contributed by atoms with Gasteiger partial charge in [-0.15, -0.1) is 0 Å². The van der Waals surface area contributed by atoms with E-state index in [-0.39, 0.29) is 18.2 Å². The van der Waals surface area contributed by atoms with Crippen molar-refractivity contribution in [2.75, 3.05) is 34.8 Å². The van der Waals surface area contributed by atoms with Gasteiger partial charge >= 0.3 is 0 Å². The Bertz CT molecular complexity index is 819. The van der Waals surface area contributed by atoms with Gasteiger partial charge in [0.25, 0.3) is 0 Å². The quantitative estimate of drug-likeness (QED) is 0.815. The van der Waals surface area contributed by atoms with Crippen LogP contribution in [0.25, 0.3) is 0 Å². The van der Waals surface area contributed by atoms with E-state index in [4.69, 9.17) is 0 Å². The second-order valence-electron chi connectivity index (χ2n) is 7.45. The molecule has 1 aliphatic rings. The molecule has 0 radical (unpaired) electrons. The van der Waals surface area contributed by atoms with E-state index in [9.17, 15) is 9.59 Å². The van der Waals surface area contributed by atoms with Gasteiger partial charge < -0.3 is 15.1 Å². The van der Waals surface area contributed by atoms with Crippen molar-refractivity contribution in [3.8, 4) is 0 Å². The molecule has 2 amide bonds. The van der Waals surface area contributed by atoms with E-state index in [2.05, 4.69) is 22.3 Å². The molecule has 0 saturated carbocycles. The van der Waals surface area contributed by atoms with Crippen molar-refractivity contribution in [2.45, 2.75) is 40.0 Å². The molecule has 1 aliphatic heterocycles. The molecular weight excluding hydrogens is 350 g/mol. The van der Waals surface area contributed by atoms with Crippen molar-refractivity contribution in [1.82, 2.24) is 0 Å². The fourth-order valence-electron chi connectivity index (χ4n) is 3.71. The minimum absolute atomic E-state index is 0.0613. The number of anilines is 3. The van der Waals surface area contributed by atoms with E-state index < -0.39 is 0 Å². The number of hydrogen-bond donors (Lipinski definition) is 1. The maximum absolute atomic E-state index is 12.4. The van der Waals surface area contributed by atoms with Gasteiger partial charge in [-0.1, -0.05) is 18.2 Å². The van der Waals surface area contributed by atoms with Crippen molar-refractivity contribution >= 4 is 28.9 Å². The zero-order valence-corrected chi connectivity index (χ0v) is 17.0. The number of carbonyl (C=O) groups excluding carboxylic acids is 2. The lowest BCUT2D eigenvalue weighted by molar-refractivity contribution is -0.117. The van der Waals surface area contributed by atoms with Crippen LogP contribution in [0.5, 0.6) is 0 Å². The number of rotatable bonds is 6. The Balaban J connectivity index is 1.63. The summed E-state index contributed by atoms with van der Waals surface area (Å²) in [6.07, 6.45) is 2.72. The average molecular weight is 380 g/mol. The molecule has 0 spiro atoms. The first-order valence-corrected chi connectivity index (χ1v) is 9.95. The van der Waals surface area contributed by atoms with Crippen molar-refractivity contribution in [1.29, 1.82) is 0 Å². The molecule has 1 fully saturated rings. The van der Waals surface area contributed by atoms with Crippen molar-refractivity contribution in [2.24, 2.45) is 0 Å². The Morgan fingerprint density at radius 1 is 1.00 bits per heavy atom. The smallest absolute Gasteiger partial charge is 0.226 e. The van der Waals surface area contributed by atoms with Crippen molar-refractivity contribution in [3.05, 3.63) is 53.6 Å². The Morgan fingerprint density at radius 3 is 2.18 bits per heavy atom. The molecule has 148 valence electrons. The average Bonchev–Trinajstić information content (AvgIpc) is 3.20. The number of nitrogens with one attached hydrogen (secondary N) is 1. The van der Waals surface area contributed by atoms with Crippen LogP contribution in [0, 0.1) is 13.8 Å². The highest BCUT2D eigenvalue weighted by Gasteiger charge is 2.16. The Labute approximate surface area is 167 Å². The molecule has 0 aliphatic carbocycles. The van der Waals surface area contributed by atoms with Gasteiger partial charge in [-0.05, 0) is 62.1 Å². The molecule has 0 bridgehead atoms. The summed E-state index contributed by atoms with van der Waals surface area (Å²) < 4.78 is 0. The normalized spacial score (nSPS) is 13.5. The van der Waals surface area contributed by atoms with Crippen molar-refractivity contribution in [3.63, 3.8) is 0 Å². The summed E-state index contributed by atoms with van der Waals surface area (Å²) in [5, 5.41) is 2.99. The highest BCUT2D eigenvalue weighted by Crippen LogP contribution is 2.24. The Kier molecular flexibility index (Phi) is 6.34. The first-order valence-electron chi connectivity index (χ1n) is 9.95. The van der Waals surface area contributed by atoms with E-state index in [1.54, 1.807) is 4.90 Å². The number of para-hydroxylation sites is 1. The molecule has 0 aromatic heterocycles. The summed E-state index contributed by atoms with van der Waals surface area (Å²) in [5.41, 5.74) is 4.95. The highest BCUT2D eigenvalue weighted by molar-refractivity contribution is 5.95. The molecule has 2 aromatic rings. The topological polar surface area (TPSA) is 52.7 Å². The van der Waals surface area contributed by atoms with Gasteiger partial charge in [-0.25, -0.2) is 0 Å². The van der Waals surface area contributed by atoms with Crippen LogP contribution in [0.15, 0.2) is 42.5 Å². The van der Waals surface area contributed by atoms with Gasteiger partial charge in [0.2, 0.25) is 11.8 Å². The Morgan fingerprint density at radius 2 is 1.61 bits per heavy atom. The summed E-state index contributed by atoms with van der Waals surface area (Å²) in [5.74, 6) is -0.147. The number of aryl methyl sites for hydroxylation is 2. The summed E-state index contributed by atoms with van der Waals surface area (Å²) in [6, 6.07) is 14.0. The molecule has 3 rings (SSSR count). The lowest BCUT2D eigenvalue weighted by Crippen LogP contribution is -2.32. The van der Waals surface area contributed by atoms with Crippen LogP contribution in [0.1, 0.15) is 37.3 Å². The number of nitrogens with zero attached hydrogens (tertiary/aromatic N) is 2. The first kappa shape index (κ1) is 19.9. The maximum atomic E-state index is 12.4. The molecule has 2 aromatic carbocycles. The third kappa shape index (κ3) is 4.71. The molecule has 0 atom stereocenters. The van der Waals surface area contributed by atoms with Crippen LogP contribution in [0.2, 0.25) is 0 Å². The second-order valence-corrected chi connectivity index (χ2v) is 7.45. The van der Waals surface area contributed by atoms with E-state index in [1.165, 1.54) is 25.5 Å². The predicted octanol–water partition coefficient (Wildman–Crippen LogP) is 4.29. The highest BCUT2D eigenvalue weighted by atomic mass is 16.2. The minimum Gasteiger partial charge on any atom is -0.372 e. The summed E-state index contributed by atoms with van der Waals surface area (Å²) >= 11 is 0. The largest absolute Gasteiger partial charge is 0.372 e. The monoisotopic (exact) mass is 379 g/mol. The molecule has 1 saturated heterocycles. The minimum atomic E-state index is -0.0858. The fourth-order valence-corrected chi connectivity index (χ4v) is 3.71. The number of carbonyl (C=O) groups is 2. The van der Waals surface area contributed by atoms with Gasteiger partial charge in [0.15, 0.2) is 0 Å². The fraction of sp³-hybridized carbons (Fsp3) is 0.391. The van der Waals surface area contributed by atoms with Crippen LogP contribution in [-0.2, 0) is 9.59 Å². The molecular formula is C23H29N3O2. The van der Waals surface area contributed by atoms with Crippen LogP contribution in [0.4, 0.5) is 17.1 Å². The van der Waals surface area contributed by atoms with Crippen LogP contribution in [0.3, 0.4) is 0 Å². The van der Waals surface area contributed by atoms with Gasteiger partial charge in [0.1, 0.15) is 0 Å². The van der Waals surface area contributed by atoms with E-state index >= 15 is 0 Å². The molecule has 28 heavy (non-hydrogen) atoms. The van der Waals surface area contributed by atoms with Crippen LogP contribution < -0.4 is 15.1 Å². The lowest BCUT2D eigenvalue weighted by atomic mass is 10.1. The SMILES string of the molecule is CC(=O)N(CCC(=O)Nc1c(C)cccc1C)c1ccc(N2CCCC2)cc1. The van der Waals surface area contributed by atoms with Crippen LogP contribution >= 0.6 is 0 Å². The molecule has 5 heteroatoms. The number of benzene rings is 2. The Hall–Kier alpha value is -2.82. The molecule has 1 N–H and O–H groups in total. The third-order valence-electron chi connectivity index (χ3n) is 5.32. The molecule has 1 heterocycles. The summed E-state index contributed by atoms with van der Waals surface area (Å²) in [7, 11) is 0. The van der Waals surface area contributed by atoms with E-state index in [0.717, 1.165) is 35.6 Å². The number of hydrogen-bond acceptors (Lipinski definition) is 3. The van der Waals surface area contributed by atoms with E-state index in [1.807, 2.05) is 44.2 Å². The zero-order valence-electron chi connectivity index (χ0n) is 17.0. The predicted molar refractivity (Wildman–Crippen MR) is 115 cm³/mol. The van der Waals surface area contributed by atoms with Gasteiger partial charge in [0.05, 0.1) is 0 Å². The standard InChI is InChI=1S/C23H29N3O2/c1-17-7-6-8-18(2)23(17)24-22(28)13-16-26(19(3)27)21-11-9-20(10-12-21)25-14-4-5-15-25/h6-12H,4-5,13-16H2,1-3H3,(H,24,28).